The summed E-state index contributed by atoms with van der Waals surface area (Å²) in [7, 11) is 0. The number of morpholine rings is 1. The Morgan fingerprint density at radius 3 is 2.64 bits per heavy atom. The fraction of sp³-hybridized carbons (Fsp3) is 0.407. The SMILES string of the molecule is CCn1c(-c2ccc(NC(=O)OCCCl)cc2)c(C#N)c2ccc(OCCCN3CCOCC3)cc21. The highest BCUT2D eigenvalue weighted by Crippen LogP contribution is 2.35. The molecule has 3 aromatic rings. The lowest BCUT2D eigenvalue weighted by Gasteiger charge is -2.26. The van der Waals surface area contributed by atoms with Crippen LogP contribution in [0.2, 0.25) is 0 Å². The summed E-state index contributed by atoms with van der Waals surface area (Å²) in [5, 5.41) is 13.6. The Balaban J connectivity index is 1.51. The minimum atomic E-state index is -0.554. The number of amides is 1. The molecular weight excluding hydrogens is 480 g/mol. The average molecular weight is 511 g/mol. The molecule has 4 rings (SSSR count). The molecule has 2 aromatic carbocycles. The molecule has 0 radical (unpaired) electrons. The molecule has 0 saturated carbocycles. The predicted octanol–water partition coefficient (Wildman–Crippen LogP) is 5.09. The Hall–Kier alpha value is -3.25. The van der Waals surface area contributed by atoms with Crippen molar-refractivity contribution in [3.8, 4) is 23.1 Å². The summed E-state index contributed by atoms with van der Waals surface area (Å²) in [6.45, 7) is 8.08. The number of fused-ring (bicyclic) bond motifs is 1. The number of nitrogens with zero attached hydrogens (tertiary/aromatic N) is 3. The molecule has 0 atom stereocenters. The van der Waals surface area contributed by atoms with Crippen molar-refractivity contribution >= 4 is 34.3 Å². The van der Waals surface area contributed by atoms with Gasteiger partial charge in [0.25, 0.3) is 0 Å². The van der Waals surface area contributed by atoms with Crippen molar-refractivity contribution in [2.75, 3.05) is 57.3 Å². The van der Waals surface area contributed by atoms with Crippen LogP contribution in [0.3, 0.4) is 0 Å². The molecule has 1 amide bonds. The minimum absolute atomic E-state index is 0.146. The predicted molar refractivity (Wildman–Crippen MR) is 141 cm³/mol. The van der Waals surface area contributed by atoms with Gasteiger partial charge in [-0.05, 0) is 43.2 Å². The molecular formula is C27H31ClN4O4. The molecule has 0 spiro atoms. The number of rotatable bonds is 10. The van der Waals surface area contributed by atoms with E-state index < -0.39 is 6.09 Å². The third-order valence-corrected chi connectivity index (χ3v) is 6.32. The number of benzene rings is 2. The number of hydrogen-bond donors (Lipinski definition) is 1. The van der Waals surface area contributed by atoms with Crippen LogP contribution in [0.5, 0.6) is 5.75 Å². The summed E-state index contributed by atoms with van der Waals surface area (Å²) in [6, 6.07) is 15.7. The van der Waals surface area contributed by atoms with Gasteiger partial charge in [-0.2, -0.15) is 5.26 Å². The first-order valence-corrected chi connectivity index (χ1v) is 12.8. The highest BCUT2D eigenvalue weighted by atomic mass is 35.5. The maximum absolute atomic E-state index is 11.8. The van der Waals surface area contributed by atoms with Crippen molar-refractivity contribution < 1.29 is 19.0 Å². The van der Waals surface area contributed by atoms with E-state index in [0.29, 0.717) is 24.4 Å². The Labute approximate surface area is 216 Å². The molecule has 8 nitrogen and oxygen atoms in total. The number of nitrogens with one attached hydrogen (secondary N) is 1. The number of halogens is 1. The largest absolute Gasteiger partial charge is 0.493 e. The second-order valence-electron chi connectivity index (χ2n) is 8.44. The zero-order valence-corrected chi connectivity index (χ0v) is 21.2. The summed E-state index contributed by atoms with van der Waals surface area (Å²) in [4.78, 5) is 14.2. The summed E-state index contributed by atoms with van der Waals surface area (Å²) in [5.74, 6) is 1.04. The van der Waals surface area contributed by atoms with E-state index in [9.17, 15) is 10.1 Å². The molecule has 0 bridgehead atoms. The fourth-order valence-electron chi connectivity index (χ4n) is 4.46. The zero-order chi connectivity index (χ0) is 25.3. The van der Waals surface area contributed by atoms with Gasteiger partial charge in [0.2, 0.25) is 0 Å². The van der Waals surface area contributed by atoms with Crippen LogP contribution in [-0.2, 0) is 16.0 Å². The van der Waals surface area contributed by atoms with Crippen LogP contribution < -0.4 is 10.1 Å². The van der Waals surface area contributed by atoms with E-state index in [-0.39, 0.29) is 12.5 Å². The Morgan fingerprint density at radius 1 is 1.17 bits per heavy atom. The number of alkyl halides is 1. The van der Waals surface area contributed by atoms with Gasteiger partial charge in [0.05, 0.1) is 42.5 Å². The van der Waals surface area contributed by atoms with Crippen LogP contribution >= 0.6 is 11.6 Å². The van der Waals surface area contributed by atoms with Crippen molar-refractivity contribution in [3.05, 3.63) is 48.0 Å². The van der Waals surface area contributed by atoms with Crippen molar-refractivity contribution in [1.82, 2.24) is 9.47 Å². The Kier molecular flexibility index (Phi) is 9.06. The monoisotopic (exact) mass is 510 g/mol. The molecule has 1 aromatic heterocycles. The number of aromatic nitrogens is 1. The van der Waals surface area contributed by atoms with Gasteiger partial charge < -0.3 is 18.8 Å². The molecule has 1 aliphatic rings. The second-order valence-corrected chi connectivity index (χ2v) is 8.82. The smallest absolute Gasteiger partial charge is 0.411 e. The average Bonchev–Trinajstić information content (AvgIpc) is 3.23. The normalized spacial score (nSPS) is 13.9. The number of carbonyl (C=O) groups excluding carboxylic acids is 1. The van der Waals surface area contributed by atoms with Crippen LogP contribution in [0.1, 0.15) is 18.9 Å². The summed E-state index contributed by atoms with van der Waals surface area (Å²) in [5.41, 5.74) is 3.91. The van der Waals surface area contributed by atoms with Gasteiger partial charge in [-0.1, -0.05) is 12.1 Å². The molecule has 1 N–H and O–H groups in total. The molecule has 1 fully saturated rings. The number of hydrogen-bond acceptors (Lipinski definition) is 6. The number of anilines is 1. The molecule has 1 aliphatic heterocycles. The number of nitriles is 1. The molecule has 0 aliphatic carbocycles. The maximum Gasteiger partial charge on any atom is 0.411 e. The van der Waals surface area contributed by atoms with Crippen LogP contribution in [0.4, 0.5) is 10.5 Å². The first kappa shape index (κ1) is 25.8. The third kappa shape index (κ3) is 6.11. The second kappa shape index (κ2) is 12.6. The van der Waals surface area contributed by atoms with Crippen LogP contribution in [0, 0.1) is 11.3 Å². The Bertz CT molecular complexity index is 1210. The van der Waals surface area contributed by atoms with Crippen LogP contribution in [0.15, 0.2) is 42.5 Å². The van der Waals surface area contributed by atoms with Crippen molar-refractivity contribution in [2.24, 2.45) is 0 Å². The highest BCUT2D eigenvalue weighted by Gasteiger charge is 2.19. The van der Waals surface area contributed by atoms with Gasteiger partial charge in [0.15, 0.2) is 0 Å². The van der Waals surface area contributed by atoms with Gasteiger partial charge in [-0.25, -0.2) is 4.79 Å². The fourth-order valence-corrected chi connectivity index (χ4v) is 4.54. The van der Waals surface area contributed by atoms with Gasteiger partial charge in [-0.15, -0.1) is 11.6 Å². The van der Waals surface area contributed by atoms with Crippen LogP contribution in [0.25, 0.3) is 22.2 Å². The molecule has 0 unspecified atom stereocenters. The Morgan fingerprint density at radius 2 is 1.94 bits per heavy atom. The van der Waals surface area contributed by atoms with Crippen LogP contribution in [-0.4, -0.2) is 67.5 Å². The maximum atomic E-state index is 11.8. The van der Waals surface area contributed by atoms with E-state index in [1.165, 1.54) is 0 Å². The van der Waals surface area contributed by atoms with Crippen molar-refractivity contribution in [1.29, 1.82) is 5.26 Å². The molecule has 36 heavy (non-hydrogen) atoms. The lowest BCUT2D eigenvalue weighted by molar-refractivity contribution is 0.0358. The quantitative estimate of drug-likeness (QED) is 0.302. The van der Waals surface area contributed by atoms with E-state index in [2.05, 4.69) is 27.8 Å². The van der Waals surface area contributed by atoms with E-state index in [1.54, 1.807) is 12.1 Å². The standard InChI is InChI=1S/C27H31ClN4O4/c1-2-32-25-18-22(35-14-3-11-31-12-16-34-17-13-31)8-9-23(25)24(19-29)26(32)20-4-6-21(7-5-20)30-27(33)36-15-10-28/h4-9,18H,2-3,10-17H2,1H3,(H,30,33). The summed E-state index contributed by atoms with van der Waals surface area (Å²) in [6.07, 6.45) is 0.391. The van der Waals surface area contributed by atoms with E-state index in [4.69, 9.17) is 25.8 Å². The van der Waals surface area contributed by atoms with Gasteiger partial charge in [-0.3, -0.25) is 10.2 Å². The lowest BCUT2D eigenvalue weighted by atomic mass is 10.1. The number of carbonyl (C=O) groups is 1. The van der Waals surface area contributed by atoms with Crippen molar-refractivity contribution in [3.63, 3.8) is 0 Å². The molecule has 2 heterocycles. The molecule has 1 saturated heterocycles. The summed E-state index contributed by atoms with van der Waals surface area (Å²) < 4.78 is 18.5. The van der Waals surface area contributed by atoms with E-state index in [1.807, 2.05) is 30.3 Å². The minimum Gasteiger partial charge on any atom is -0.493 e. The summed E-state index contributed by atoms with van der Waals surface area (Å²) >= 11 is 5.55. The highest BCUT2D eigenvalue weighted by molar-refractivity contribution is 6.18. The number of ether oxygens (including phenoxy) is 3. The van der Waals surface area contributed by atoms with Gasteiger partial charge >= 0.3 is 6.09 Å². The lowest BCUT2D eigenvalue weighted by Crippen LogP contribution is -2.37. The van der Waals surface area contributed by atoms with Gasteiger partial charge in [0, 0.05) is 43.3 Å². The van der Waals surface area contributed by atoms with Gasteiger partial charge in [0.1, 0.15) is 18.4 Å². The first-order chi connectivity index (χ1) is 17.6. The first-order valence-electron chi connectivity index (χ1n) is 12.2. The molecule has 9 heteroatoms. The van der Waals surface area contributed by atoms with E-state index in [0.717, 1.165) is 67.2 Å². The van der Waals surface area contributed by atoms with Crippen molar-refractivity contribution in [2.45, 2.75) is 19.9 Å². The zero-order valence-electron chi connectivity index (χ0n) is 20.5. The van der Waals surface area contributed by atoms with E-state index >= 15 is 0 Å². The number of aryl methyl sites for hydroxylation is 1. The molecule has 190 valence electrons. The topological polar surface area (TPSA) is 88.8 Å². The third-order valence-electron chi connectivity index (χ3n) is 6.17.